The van der Waals surface area contributed by atoms with E-state index in [9.17, 15) is 0 Å². The lowest BCUT2D eigenvalue weighted by Gasteiger charge is -2.34. The summed E-state index contributed by atoms with van der Waals surface area (Å²) in [6.07, 6.45) is 6.21. The molecule has 26 heavy (non-hydrogen) atoms. The number of rotatable bonds is 3. The van der Waals surface area contributed by atoms with Gasteiger partial charge in [-0.25, -0.2) is 4.98 Å². The highest BCUT2D eigenvalue weighted by atomic mass is 35.5. The van der Waals surface area contributed by atoms with Gasteiger partial charge in [0.2, 0.25) is 0 Å². The predicted octanol–water partition coefficient (Wildman–Crippen LogP) is 3.56. The molecule has 0 unspecified atom stereocenters. The third kappa shape index (κ3) is 2.49. The third-order valence-corrected chi connectivity index (χ3v) is 6.19. The molecule has 2 N–H and O–H groups in total. The monoisotopic (exact) mass is 367 g/mol. The van der Waals surface area contributed by atoms with E-state index in [0.717, 1.165) is 50.4 Å². The summed E-state index contributed by atoms with van der Waals surface area (Å²) in [6.45, 7) is 2.89. The maximum Gasteiger partial charge on any atom is 0.176 e. The van der Waals surface area contributed by atoms with Crippen LogP contribution in [-0.2, 0) is 18.4 Å². The minimum absolute atomic E-state index is 0.194. The summed E-state index contributed by atoms with van der Waals surface area (Å²) >= 11 is 6.40. The van der Waals surface area contributed by atoms with Crippen LogP contribution in [-0.4, -0.2) is 27.7 Å². The quantitative estimate of drug-likeness (QED) is 0.743. The van der Waals surface area contributed by atoms with Crippen molar-refractivity contribution < 1.29 is 0 Å². The van der Waals surface area contributed by atoms with E-state index >= 15 is 0 Å². The fourth-order valence-electron chi connectivity index (χ4n) is 4.51. The van der Waals surface area contributed by atoms with E-state index in [1.807, 2.05) is 10.6 Å². The second-order valence-electron chi connectivity index (χ2n) is 7.38. The smallest absolute Gasteiger partial charge is 0.176 e. The minimum atomic E-state index is 0.194. The first-order valence-electron chi connectivity index (χ1n) is 9.32. The SMILES string of the molecule is Clc1cnn2c(NCc3ccccc3)c3c(nc12)C1(CCNCC1)CC3. The van der Waals surface area contributed by atoms with Gasteiger partial charge in [-0.05, 0) is 44.3 Å². The van der Waals surface area contributed by atoms with Gasteiger partial charge in [-0.3, -0.25) is 0 Å². The molecule has 0 amide bonds. The highest BCUT2D eigenvalue weighted by Gasteiger charge is 2.43. The van der Waals surface area contributed by atoms with E-state index in [-0.39, 0.29) is 5.41 Å². The fourth-order valence-corrected chi connectivity index (χ4v) is 4.68. The zero-order valence-electron chi connectivity index (χ0n) is 14.6. The van der Waals surface area contributed by atoms with Crippen molar-refractivity contribution in [3.63, 3.8) is 0 Å². The molecule has 5 rings (SSSR count). The summed E-state index contributed by atoms with van der Waals surface area (Å²) in [5, 5.41) is 12.2. The van der Waals surface area contributed by atoms with Gasteiger partial charge < -0.3 is 10.6 Å². The Labute approximate surface area is 157 Å². The molecule has 5 nitrogen and oxygen atoms in total. The lowest BCUT2D eigenvalue weighted by atomic mass is 9.77. The molecule has 0 atom stereocenters. The van der Waals surface area contributed by atoms with Gasteiger partial charge in [0, 0.05) is 17.5 Å². The molecule has 3 aromatic rings. The van der Waals surface area contributed by atoms with Gasteiger partial charge in [0.1, 0.15) is 10.8 Å². The van der Waals surface area contributed by atoms with Crippen molar-refractivity contribution in [1.29, 1.82) is 0 Å². The zero-order chi connectivity index (χ0) is 17.6. The van der Waals surface area contributed by atoms with Crippen LogP contribution in [0.2, 0.25) is 5.02 Å². The van der Waals surface area contributed by atoms with E-state index in [0.29, 0.717) is 5.02 Å². The molecule has 1 spiro atoms. The van der Waals surface area contributed by atoms with Crippen LogP contribution in [0.4, 0.5) is 5.82 Å². The summed E-state index contributed by atoms with van der Waals surface area (Å²) in [7, 11) is 0. The molecule has 1 saturated heterocycles. The Kier molecular flexibility index (Phi) is 3.87. The average Bonchev–Trinajstić information content (AvgIpc) is 3.22. The Bertz CT molecular complexity index is 944. The molecular weight excluding hydrogens is 346 g/mol. The van der Waals surface area contributed by atoms with Crippen LogP contribution in [0.5, 0.6) is 0 Å². The summed E-state index contributed by atoms with van der Waals surface area (Å²) in [5.41, 5.74) is 4.76. The standard InChI is InChI=1S/C20H22ClN5/c21-16-13-24-26-18(23-12-14-4-2-1-3-5-14)15-6-7-20(8-10-22-11-9-20)17(15)25-19(16)26/h1-5,13,22-23H,6-12H2. The fraction of sp³-hybridized carbons (Fsp3) is 0.400. The molecule has 134 valence electrons. The van der Waals surface area contributed by atoms with Crippen LogP contribution in [0.3, 0.4) is 0 Å². The average molecular weight is 368 g/mol. The summed E-state index contributed by atoms with van der Waals surface area (Å²) in [5.74, 6) is 1.05. The number of anilines is 1. The van der Waals surface area contributed by atoms with Crippen LogP contribution in [0.1, 0.15) is 36.1 Å². The van der Waals surface area contributed by atoms with Gasteiger partial charge in [-0.1, -0.05) is 41.9 Å². The van der Waals surface area contributed by atoms with Crippen LogP contribution in [0, 0.1) is 0 Å². The maximum absolute atomic E-state index is 6.40. The number of hydrogen-bond donors (Lipinski definition) is 2. The van der Waals surface area contributed by atoms with Gasteiger partial charge >= 0.3 is 0 Å². The van der Waals surface area contributed by atoms with E-state index in [1.165, 1.54) is 23.2 Å². The molecule has 2 aromatic heterocycles. The van der Waals surface area contributed by atoms with E-state index in [4.69, 9.17) is 16.6 Å². The van der Waals surface area contributed by atoms with Crippen molar-refractivity contribution in [2.45, 2.75) is 37.6 Å². The minimum Gasteiger partial charge on any atom is -0.366 e. The lowest BCUT2D eigenvalue weighted by molar-refractivity contribution is 0.301. The van der Waals surface area contributed by atoms with Crippen molar-refractivity contribution in [2.75, 3.05) is 18.4 Å². The molecule has 2 aliphatic rings. The largest absolute Gasteiger partial charge is 0.366 e. The Morgan fingerprint density at radius 1 is 1.15 bits per heavy atom. The number of nitrogens with one attached hydrogen (secondary N) is 2. The van der Waals surface area contributed by atoms with E-state index in [2.05, 4.69) is 40.0 Å². The number of hydrogen-bond acceptors (Lipinski definition) is 4. The van der Waals surface area contributed by atoms with Crippen LogP contribution in [0.15, 0.2) is 36.5 Å². The highest BCUT2D eigenvalue weighted by Crippen LogP contribution is 2.46. The number of aromatic nitrogens is 3. The van der Waals surface area contributed by atoms with Gasteiger partial charge in [0.25, 0.3) is 0 Å². The zero-order valence-corrected chi connectivity index (χ0v) is 15.4. The van der Waals surface area contributed by atoms with Gasteiger partial charge in [0.05, 0.1) is 11.9 Å². The summed E-state index contributed by atoms with van der Waals surface area (Å²) < 4.78 is 1.88. The van der Waals surface area contributed by atoms with Gasteiger partial charge in [-0.2, -0.15) is 9.61 Å². The van der Waals surface area contributed by atoms with Crippen molar-refractivity contribution in [3.8, 4) is 0 Å². The molecule has 0 radical (unpaired) electrons. The molecule has 1 aromatic carbocycles. The van der Waals surface area contributed by atoms with Crippen molar-refractivity contribution in [1.82, 2.24) is 19.9 Å². The number of piperidine rings is 1. The molecule has 1 fully saturated rings. The van der Waals surface area contributed by atoms with Gasteiger partial charge in [0.15, 0.2) is 5.65 Å². The Morgan fingerprint density at radius 2 is 1.96 bits per heavy atom. The number of benzene rings is 1. The third-order valence-electron chi connectivity index (χ3n) is 5.92. The second kappa shape index (κ2) is 6.25. The van der Waals surface area contributed by atoms with Crippen molar-refractivity contribution in [3.05, 3.63) is 58.4 Å². The Balaban J connectivity index is 1.60. The molecular formula is C20H22ClN5. The Hall–Kier alpha value is -2.11. The highest BCUT2D eigenvalue weighted by molar-refractivity contribution is 6.33. The van der Waals surface area contributed by atoms with Crippen LogP contribution >= 0.6 is 11.6 Å². The van der Waals surface area contributed by atoms with Crippen LogP contribution < -0.4 is 10.6 Å². The van der Waals surface area contributed by atoms with Gasteiger partial charge in [-0.15, -0.1) is 0 Å². The Morgan fingerprint density at radius 3 is 2.77 bits per heavy atom. The molecule has 3 heterocycles. The molecule has 6 heteroatoms. The second-order valence-corrected chi connectivity index (χ2v) is 7.79. The predicted molar refractivity (Wildman–Crippen MR) is 104 cm³/mol. The summed E-state index contributed by atoms with van der Waals surface area (Å²) in [4.78, 5) is 5.01. The molecule has 0 saturated carbocycles. The maximum atomic E-state index is 6.40. The normalized spacial score (nSPS) is 18.3. The molecule has 0 bridgehead atoms. The molecule has 1 aliphatic carbocycles. The topological polar surface area (TPSA) is 54.2 Å². The number of nitrogens with zero attached hydrogens (tertiary/aromatic N) is 3. The first kappa shape index (κ1) is 16.1. The van der Waals surface area contributed by atoms with Crippen molar-refractivity contribution in [2.24, 2.45) is 0 Å². The lowest BCUT2D eigenvalue weighted by Crippen LogP contribution is -2.39. The summed E-state index contributed by atoms with van der Waals surface area (Å²) in [6, 6.07) is 10.4. The number of fused-ring (bicyclic) bond motifs is 3. The number of halogens is 1. The van der Waals surface area contributed by atoms with Crippen molar-refractivity contribution >= 4 is 23.1 Å². The van der Waals surface area contributed by atoms with Crippen LogP contribution in [0.25, 0.3) is 5.65 Å². The first-order valence-corrected chi connectivity index (χ1v) is 9.70. The van der Waals surface area contributed by atoms with E-state index in [1.54, 1.807) is 6.20 Å². The van der Waals surface area contributed by atoms with E-state index < -0.39 is 0 Å². The first-order chi connectivity index (χ1) is 12.8. The molecule has 1 aliphatic heterocycles.